The van der Waals surface area contributed by atoms with Gasteiger partial charge in [-0.3, -0.25) is 4.79 Å². The number of phenols is 1. The van der Waals surface area contributed by atoms with Gasteiger partial charge in [0.25, 0.3) is 5.91 Å². The highest BCUT2D eigenvalue weighted by molar-refractivity contribution is 6.07. The molecule has 0 unspecified atom stereocenters. The van der Waals surface area contributed by atoms with Crippen LogP contribution in [0.5, 0.6) is 11.5 Å². The van der Waals surface area contributed by atoms with Crippen molar-refractivity contribution in [3.63, 3.8) is 0 Å². The van der Waals surface area contributed by atoms with Crippen LogP contribution in [0.2, 0.25) is 0 Å². The molecule has 19 heavy (non-hydrogen) atoms. The summed E-state index contributed by atoms with van der Waals surface area (Å²) in [4.78, 5) is 13.9. The van der Waals surface area contributed by atoms with Crippen molar-refractivity contribution in [1.82, 2.24) is 0 Å². The van der Waals surface area contributed by atoms with Crippen LogP contribution in [0.15, 0.2) is 48.5 Å². The van der Waals surface area contributed by atoms with Gasteiger partial charge in [0.05, 0.1) is 12.7 Å². The van der Waals surface area contributed by atoms with Crippen LogP contribution in [0.4, 0.5) is 5.69 Å². The highest BCUT2D eigenvalue weighted by Crippen LogP contribution is 2.24. The minimum absolute atomic E-state index is 0.122. The summed E-state index contributed by atoms with van der Waals surface area (Å²) in [7, 11) is 3.18. The second kappa shape index (κ2) is 5.44. The van der Waals surface area contributed by atoms with Crippen molar-refractivity contribution in [3.8, 4) is 11.5 Å². The summed E-state index contributed by atoms with van der Waals surface area (Å²) in [5, 5.41) is 9.45. The van der Waals surface area contributed by atoms with E-state index in [0.29, 0.717) is 17.0 Å². The molecule has 1 amide bonds. The first-order valence-electron chi connectivity index (χ1n) is 5.83. The molecule has 0 aliphatic rings. The number of benzene rings is 2. The van der Waals surface area contributed by atoms with Crippen molar-refractivity contribution < 1.29 is 14.6 Å². The summed E-state index contributed by atoms with van der Waals surface area (Å²) in [6, 6.07) is 13.6. The third-order valence-corrected chi connectivity index (χ3v) is 2.86. The van der Waals surface area contributed by atoms with Crippen molar-refractivity contribution in [2.45, 2.75) is 0 Å². The summed E-state index contributed by atoms with van der Waals surface area (Å²) in [5.74, 6) is 0.458. The van der Waals surface area contributed by atoms with Crippen LogP contribution in [0.1, 0.15) is 10.4 Å². The van der Waals surface area contributed by atoms with E-state index in [1.54, 1.807) is 43.4 Å². The quantitative estimate of drug-likeness (QED) is 0.919. The number of ether oxygens (including phenoxy) is 1. The van der Waals surface area contributed by atoms with Crippen molar-refractivity contribution in [2.24, 2.45) is 0 Å². The fraction of sp³-hybridized carbons (Fsp3) is 0.133. The Balaban J connectivity index is 2.33. The first-order valence-corrected chi connectivity index (χ1v) is 5.83. The Morgan fingerprint density at radius 2 is 1.89 bits per heavy atom. The van der Waals surface area contributed by atoms with Gasteiger partial charge in [-0.05, 0) is 24.3 Å². The van der Waals surface area contributed by atoms with Crippen LogP contribution in [0.3, 0.4) is 0 Å². The van der Waals surface area contributed by atoms with Crippen LogP contribution in [0.25, 0.3) is 0 Å². The Morgan fingerprint density at radius 1 is 1.16 bits per heavy atom. The second-order valence-electron chi connectivity index (χ2n) is 4.08. The normalized spacial score (nSPS) is 10.0. The SMILES string of the molecule is COc1ccccc1C(=O)N(C)c1cccc(O)c1. The monoisotopic (exact) mass is 257 g/mol. The molecule has 0 atom stereocenters. The molecule has 0 aliphatic carbocycles. The van der Waals surface area contributed by atoms with Crippen molar-refractivity contribution in [3.05, 3.63) is 54.1 Å². The number of phenolic OH excluding ortho intramolecular Hbond substituents is 1. The average molecular weight is 257 g/mol. The third-order valence-electron chi connectivity index (χ3n) is 2.86. The van der Waals surface area contributed by atoms with Crippen molar-refractivity contribution in [2.75, 3.05) is 19.1 Å². The molecule has 0 aliphatic heterocycles. The number of methoxy groups -OCH3 is 1. The zero-order valence-corrected chi connectivity index (χ0v) is 10.8. The molecule has 0 heterocycles. The Morgan fingerprint density at radius 3 is 2.58 bits per heavy atom. The van der Waals surface area contributed by atoms with E-state index in [-0.39, 0.29) is 11.7 Å². The van der Waals surface area contributed by atoms with Gasteiger partial charge in [-0.1, -0.05) is 18.2 Å². The number of carbonyl (C=O) groups excluding carboxylic acids is 1. The van der Waals surface area contributed by atoms with Crippen LogP contribution in [-0.4, -0.2) is 25.2 Å². The molecule has 4 heteroatoms. The Labute approximate surface area is 111 Å². The first-order chi connectivity index (χ1) is 9.13. The number of carbonyl (C=O) groups is 1. The summed E-state index contributed by atoms with van der Waals surface area (Å²) >= 11 is 0. The lowest BCUT2D eigenvalue weighted by Gasteiger charge is -2.18. The molecular weight excluding hydrogens is 242 g/mol. The van der Waals surface area contributed by atoms with Crippen LogP contribution in [-0.2, 0) is 0 Å². The highest BCUT2D eigenvalue weighted by atomic mass is 16.5. The maximum absolute atomic E-state index is 12.4. The number of hydrogen-bond acceptors (Lipinski definition) is 3. The van der Waals surface area contributed by atoms with E-state index in [9.17, 15) is 9.90 Å². The molecule has 2 aromatic carbocycles. The molecule has 0 aromatic heterocycles. The second-order valence-corrected chi connectivity index (χ2v) is 4.08. The zero-order valence-electron chi connectivity index (χ0n) is 10.8. The molecule has 2 aromatic rings. The molecule has 0 saturated carbocycles. The zero-order chi connectivity index (χ0) is 13.8. The van der Waals surface area contributed by atoms with E-state index in [1.807, 2.05) is 6.07 Å². The summed E-state index contributed by atoms with van der Waals surface area (Å²) in [5.41, 5.74) is 1.10. The van der Waals surface area contributed by atoms with E-state index in [2.05, 4.69) is 0 Å². The van der Waals surface area contributed by atoms with Crippen molar-refractivity contribution >= 4 is 11.6 Å². The minimum atomic E-state index is -0.192. The van der Waals surface area contributed by atoms with Gasteiger partial charge in [0.15, 0.2) is 0 Å². The van der Waals surface area contributed by atoms with Gasteiger partial charge in [-0.15, -0.1) is 0 Å². The lowest BCUT2D eigenvalue weighted by Crippen LogP contribution is -2.26. The minimum Gasteiger partial charge on any atom is -0.508 e. The van der Waals surface area contributed by atoms with Crippen LogP contribution in [0, 0.1) is 0 Å². The van der Waals surface area contributed by atoms with E-state index in [0.717, 1.165) is 0 Å². The van der Waals surface area contributed by atoms with Gasteiger partial charge in [0.1, 0.15) is 11.5 Å². The largest absolute Gasteiger partial charge is 0.508 e. The first kappa shape index (κ1) is 13.0. The maximum Gasteiger partial charge on any atom is 0.261 e. The number of amides is 1. The van der Waals surface area contributed by atoms with Gasteiger partial charge in [-0.2, -0.15) is 0 Å². The predicted molar refractivity (Wildman–Crippen MR) is 73.8 cm³/mol. The number of rotatable bonds is 3. The van der Waals surface area contributed by atoms with E-state index >= 15 is 0 Å². The van der Waals surface area contributed by atoms with E-state index in [4.69, 9.17) is 4.74 Å². The average Bonchev–Trinajstić information content (AvgIpc) is 2.45. The Kier molecular flexibility index (Phi) is 3.71. The van der Waals surface area contributed by atoms with E-state index < -0.39 is 0 Å². The summed E-state index contributed by atoms with van der Waals surface area (Å²) < 4.78 is 5.18. The molecule has 0 bridgehead atoms. The number of para-hydroxylation sites is 1. The number of nitrogens with zero attached hydrogens (tertiary/aromatic N) is 1. The van der Waals surface area contributed by atoms with Gasteiger partial charge < -0.3 is 14.7 Å². The van der Waals surface area contributed by atoms with Crippen LogP contribution >= 0.6 is 0 Å². The third kappa shape index (κ3) is 2.68. The fourth-order valence-electron chi connectivity index (χ4n) is 1.82. The van der Waals surface area contributed by atoms with Crippen molar-refractivity contribution in [1.29, 1.82) is 0 Å². The Hall–Kier alpha value is -2.49. The van der Waals surface area contributed by atoms with E-state index in [1.165, 1.54) is 18.1 Å². The molecule has 1 N–H and O–H groups in total. The van der Waals surface area contributed by atoms with Gasteiger partial charge in [0, 0.05) is 18.8 Å². The number of hydrogen-bond donors (Lipinski definition) is 1. The lowest BCUT2D eigenvalue weighted by molar-refractivity contribution is 0.0990. The molecule has 0 fully saturated rings. The smallest absolute Gasteiger partial charge is 0.261 e. The summed E-state index contributed by atoms with van der Waals surface area (Å²) in [6.07, 6.45) is 0. The fourth-order valence-corrected chi connectivity index (χ4v) is 1.82. The molecule has 0 saturated heterocycles. The highest BCUT2D eigenvalue weighted by Gasteiger charge is 2.17. The topological polar surface area (TPSA) is 49.8 Å². The Bertz CT molecular complexity index is 595. The maximum atomic E-state index is 12.4. The van der Waals surface area contributed by atoms with Gasteiger partial charge in [-0.25, -0.2) is 0 Å². The predicted octanol–water partition coefficient (Wildman–Crippen LogP) is 2.68. The molecule has 0 spiro atoms. The molecule has 2 rings (SSSR count). The number of aromatic hydroxyl groups is 1. The molecule has 4 nitrogen and oxygen atoms in total. The van der Waals surface area contributed by atoms with Gasteiger partial charge in [0.2, 0.25) is 0 Å². The molecular formula is C15H15NO3. The van der Waals surface area contributed by atoms with Gasteiger partial charge >= 0.3 is 0 Å². The standard InChI is InChI=1S/C15H15NO3/c1-16(11-6-5-7-12(17)10-11)15(18)13-8-3-4-9-14(13)19-2/h3-10,17H,1-2H3. The van der Waals surface area contributed by atoms with Crippen LogP contribution < -0.4 is 9.64 Å². The summed E-state index contributed by atoms with van der Waals surface area (Å²) in [6.45, 7) is 0. The molecule has 98 valence electrons. The lowest BCUT2D eigenvalue weighted by atomic mass is 10.1. The number of anilines is 1. The molecule has 0 radical (unpaired) electrons.